The second kappa shape index (κ2) is 10.3. The van der Waals surface area contributed by atoms with Crippen LogP contribution in [0.4, 0.5) is 0 Å². The SMILES string of the molecule is CCOCCCNC(=NCc1nnc(C)n1C)N1CCC(C)(C)C1.I. The van der Waals surface area contributed by atoms with Crippen molar-refractivity contribution >= 4 is 29.9 Å². The van der Waals surface area contributed by atoms with Gasteiger partial charge >= 0.3 is 0 Å². The lowest BCUT2D eigenvalue weighted by molar-refractivity contribution is 0.145. The Bertz CT molecular complexity index is 557. The molecule has 0 saturated carbocycles. The Balaban J connectivity index is 0.00000312. The summed E-state index contributed by atoms with van der Waals surface area (Å²) in [5.41, 5.74) is 0.342. The largest absolute Gasteiger partial charge is 0.382 e. The Morgan fingerprint density at radius 1 is 1.36 bits per heavy atom. The highest BCUT2D eigenvalue weighted by atomic mass is 127. The van der Waals surface area contributed by atoms with Gasteiger partial charge in [-0.25, -0.2) is 4.99 Å². The van der Waals surface area contributed by atoms with E-state index in [0.29, 0.717) is 12.0 Å². The maximum Gasteiger partial charge on any atom is 0.194 e. The zero-order valence-electron chi connectivity index (χ0n) is 16.2. The number of halogens is 1. The lowest BCUT2D eigenvalue weighted by atomic mass is 9.93. The molecule has 2 heterocycles. The normalized spacial score (nSPS) is 16.8. The van der Waals surface area contributed by atoms with Crippen LogP contribution in [0.5, 0.6) is 0 Å². The maximum atomic E-state index is 5.41. The number of rotatable bonds is 7. The van der Waals surface area contributed by atoms with Gasteiger partial charge in [0, 0.05) is 39.9 Å². The van der Waals surface area contributed by atoms with Crippen molar-refractivity contribution in [1.29, 1.82) is 0 Å². The fraction of sp³-hybridized carbons (Fsp3) is 0.824. The molecule has 1 N–H and O–H groups in total. The van der Waals surface area contributed by atoms with Crippen molar-refractivity contribution in [2.24, 2.45) is 17.5 Å². The molecule has 1 fully saturated rings. The van der Waals surface area contributed by atoms with Crippen LogP contribution in [0, 0.1) is 12.3 Å². The average Bonchev–Trinajstić information content (AvgIpc) is 3.06. The Labute approximate surface area is 168 Å². The summed E-state index contributed by atoms with van der Waals surface area (Å²) >= 11 is 0. The first-order valence-electron chi connectivity index (χ1n) is 8.89. The molecule has 0 atom stereocenters. The van der Waals surface area contributed by atoms with Gasteiger partial charge in [0.15, 0.2) is 11.8 Å². The first-order valence-corrected chi connectivity index (χ1v) is 8.89. The standard InChI is InChI=1S/C17H32N6O.HI/c1-6-24-11-7-9-18-16(23-10-8-17(3,4)13-23)19-12-15-21-20-14(2)22(15)5;/h6-13H2,1-5H3,(H,18,19);1H. The fourth-order valence-corrected chi connectivity index (χ4v) is 2.81. The van der Waals surface area contributed by atoms with E-state index in [2.05, 4.69) is 34.3 Å². The predicted molar refractivity (Wildman–Crippen MR) is 111 cm³/mol. The molecule has 1 aromatic rings. The molecular weight excluding hydrogens is 431 g/mol. The summed E-state index contributed by atoms with van der Waals surface area (Å²) in [6, 6.07) is 0. The highest BCUT2D eigenvalue weighted by Gasteiger charge is 2.31. The van der Waals surface area contributed by atoms with Gasteiger partial charge in [-0.3, -0.25) is 0 Å². The topological polar surface area (TPSA) is 67.6 Å². The van der Waals surface area contributed by atoms with Crippen molar-refractivity contribution in [2.45, 2.75) is 47.1 Å². The fourth-order valence-electron chi connectivity index (χ4n) is 2.81. The average molecular weight is 464 g/mol. The Morgan fingerprint density at radius 3 is 2.68 bits per heavy atom. The number of likely N-dealkylation sites (tertiary alicyclic amines) is 1. The van der Waals surface area contributed by atoms with Crippen molar-refractivity contribution in [3.63, 3.8) is 0 Å². The van der Waals surface area contributed by atoms with E-state index >= 15 is 0 Å². The molecule has 8 heteroatoms. The molecule has 0 radical (unpaired) electrons. The molecule has 1 aliphatic rings. The van der Waals surface area contributed by atoms with Crippen molar-refractivity contribution in [1.82, 2.24) is 25.0 Å². The second-order valence-corrected chi connectivity index (χ2v) is 7.18. The van der Waals surface area contributed by atoms with Crippen molar-refractivity contribution in [2.75, 3.05) is 32.8 Å². The van der Waals surface area contributed by atoms with E-state index in [1.165, 1.54) is 6.42 Å². The number of ether oxygens (including phenoxy) is 1. The highest BCUT2D eigenvalue weighted by Crippen LogP contribution is 2.28. The Hall–Kier alpha value is -0.900. The Morgan fingerprint density at radius 2 is 2.12 bits per heavy atom. The van der Waals surface area contributed by atoms with Crippen LogP contribution in [0.15, 0.2) is 4.99 Å². The van der Waals surface area contributed by atoms with Crippen LogP contribution >= 0.6 is 24.0 Å². The van der Waals surface area contributed by atoms with E-state index in [9.17, 15) is 0 Å². The van der Waals surface area contributed by atoms with E-state index in [1.54, 1.807) is 0 Å². The highest BCUT2D eigenvalue weighted by molar-refractivity contribution is 14.0. The summed E-state index contributed by atoms with van der Waals surface area (Å²) in [6.07, 6.45) is 2.17. The van der Waals surface area contributed by atoms with Crippen LogP contribution in [-0.4, -0.2) is 58.5 Å². The van der Waals surface area contributed by atoms with Crippen LogP contribution in [0.2, 0.25) is 0 Å². The van der Waals surface area contributed by atoms with E-state index in [4.69, 9.17) is 9.73 Å². The number of aryl methyl sites for hydroxylation is 1. The quantitative estimate of drug-likeness (QED) is 0.291. The number of hydrogen-bond donors (Lipinski definition) is 1. The molecule has 0 unspecified atom stereocenters. The van der Waals surface area contributed by atoms with Crippen molar-refractivity contribution < 1.29 is 4.74 Å². The first-order chi connectivity index (χ1) is 11.4. The van der Waals surface area contributed by atoms with Gasteiger partial charge in [0.2, 0.25) is 0 Å². The number of aromatic nitrogens is 3. The van der Waals surface area contributed by atoms with Crippen molar-refractivity contribution in [3.8, 4) is 0 Å². The number of nitrogens with zero attached hydrogens (tertiary/aromatic N) is 5. The lowest BCUT2D eigenvalue weighted by Crippen LogP contribution is -2.41. The van der Waals surface area contributed by atoms with Gasteiger partial charge in [0.05, 0.1) is 0 Å². The third kappa shape index (κ3) is 6.73. The van der Waals surface area contributed by atoms with Gasteiger partial charge < -0.3 is 19.5 Å². The van der Waals surface area contributed by atoms with Gasteiger partial charge in [-0.05, 0) is 32.1 Å². The smallest absolute Gasteiger partial charge is 0.194 e. The molecule has 0 bridgehead atoms. The predicted octanol–water partition coefficient (Wildman–Crippen LogP) is 2.35. The third-order valence-corrected chi connectivity index (χ3v) is 4.48. The van der Waals surface area contributed by atoms with Gasteiger partial charge in [0.25, 0.3) is 0 Å². The zero-order valence-corrected chi connectivity index (χ0v) is 18.5. The first kappa shape index (κ1) is 22.1. The molecule has 1 saturated heterocycles. The van der Waals surface area contributed by atoms with Crippen LogP contribution in [0.3, 0.4) is 0 Å². The summed E-state index contributed by atoms with van der Waals surface area (Å²) < 4.78 is 7.40. The molecule has 144 valence electrons. The molecule has 0 spiro atoms. The van der Waals surface area contributed by atoms with Crippen LogP contribution in [-0.2, 0) is 18.3 Å². The molecular formula is C17H33IN6O. The molecule has 7 nitrogen and oxygen atoms in total. The monoisotopic (exact) mass is 464 g/mol. The third-order valence-electron chi connectivity index (χ3n) is 4.48. The summed E-state index contributed by atoms with van der Waals surface area (Å²) in [4.78, 5) is 7.15. The van der Waals surface area contributed by atoms with Gasteiger partial charge in [-0.2, -0.15) is 0 Å². The molecule has 1 aliphatic heterocycles. The maximum absolute atomic E-state index is 5.41. The van der Waals surface area contributed by atoms with E-state index in [1.807, 2.05) is 25.5 Å². The summed E-state index contributed by atoms with van der Waals surface area (Å²) in [7, 11) is 1.98. The minimum absolute atomic E-state index is 0. The second-order valence-electron chi connectivity index (χ2n) is 7.18. The summed E-state index contributed by atoms with van der Waals surface area (Å²) in [5.74, 6) is 2.77. The van der Waals surface area contributed by atoms with Crippen LogP contribution in [0.1, 0.15) is 45.3 Å². The zero-order chi connectivity index (χ0) is 17.6. The number of guanidine groups is 1. The van der Waals surface area contributed by atoms with Gasteiger partial charge in [-0.1, -0.05) is 13.8 Å². The van der Waals surface area contributed by atoms with Crippen LogP contribution in [0.25, 0.3) is 0 Å². The summed E-state index contributed by atoms with van der Waals surface area (Å²) in [5, 5.41) is 11.8. The minimum atomic E-state index is 0. The number of nitrogens with one attached hydrogen (secondary N) is 1. The van der Waals surface area contributed by atoms with Gasteiger partial charge in [-0.15, -0.1) is 34.2 Å². The molecule has 0 amide bonds. The molecule has 0 aromatic carbocycles. The molecule has 1 aromatic heterocycles. The van der Waals surface area contributed by atoms with E-state index in [0.717, 1.165) is 56.9 Å². The molecule has 0 aliphatic carbocycles. The number of aliphatic imine (C=N–C) groups is 1. The van der Waals surface area contributed by atoms with Gasteiger partial charge in [0.1, 0.15) is 12.4 Å². The van der Waals surface area contributed by atoms with E-state index in [-0.39, 0.29) is 24.0 Å². The number of hydrogen-bond acceptors (Lipinski definition) is 4. The lowest BCUT2D eigenvalue weighted by Gasteiger charge is -2.24. The Kier molecular flexibility index (Phi) is 9.12. The minimum Gasteiger partial charge on any atom is -0.382 e. The van der Waals surface area contributed by atoms with Crippen molar-refractivity contribution in [3.05, 3.63) is 11.6 Å². The van der Waals surface area contributed by atoms with E-state index < -0.39 is 0 Å². The van der Waals surface area contributed by atoms with Crippen LogP contribution < -0.4 is 5.32 Å². The summed E-state index contributed by atoms with van der Waals surface area (Å²) in [6.45, 7) is 13.6. The molecule has 25 heavy (non-hydrogen) atoms. The molecule has 2 rings (SSSR count).